The minimum atomic E-state index is -0.390. The summed E-state index contributed by atoms with van der Waals surface area (Å²) in [6, 6.07) is 5.97. The van der Waals surface area contributed by atoms with Gasteiger partial charge in [-0.25, -0.2) is 13.9 Å². The van der Waals surface area contributed by atoms with Gasteiger partial charge in [0.25, 0.3) is 5.56 Å². The highest BCUT2D eigenvalue weighted by Gasteiger charge is 2.15. The van der Waals surface area contributed by atoms with Gasteiger partial charge in [-0.05, 0) is 25.0 Å². The average Bonchev–Trinajstić information content (AvgIpc) is 2.89. The maximum absolute atomic E-state index is 14.0. The minimum absolute atomic E-state index is 0.188. The zero-order chi connectivity index (χ0) is 16.6. The molecule has 3 aromatic rings. The van der Waals surface area contributed by atoms with Crippen molar-refractivity contribution in [3.05, 3.63) is 68.0 Å². The highest BCUT2D eigenvalue weighted by molar-refractivity contribution is 6.31. The first-order valence-corrected chi connectivity index (χ1v) is 7.98. The summed E-state index contributed by atoms with van der Waals surface area (Å²) in [6.07, 6.45) is 1.75. The van der Waals surface area contributed by atoms with Crippen LogP contribution >= 0.6 is 11.6 Å². The van der Waals surface area contributed by atoms with Gasteiger partial charge in [0.15, 0.2) is 5.65 Å². The number of nitrogens with one attached hydrogen (secondary N) is 1. The number of hydrogen-bond donors (Lipinski definition) is 1. The predicted octanol–water partition coefficient (Wildman–Crippen LogP) is 3.53. The van der Waals surface area contributed by atoms with Gasteiger partial charge in [-0.15, -0.1) is 0 Å². The molecule has 23 heavy (non-hydrogen) atoms. The van der Waals surface area contributed by atoms with Crippen LogP contribution < -0.4 is 5.56 Å². The summed E-state index contributed by atoms with van der Waals surface area (Å²) in [4.78, 5) is 16.9. The summed E-state index contributed by atoms with van der Waals surface area (Å²) in [7, 11) is 0. The zero-order valence-electron chi connectivity index (χ0n) is 13.0. The molecule has 0 fully saturated rings. The van der Waals surface area contributed by atoms with Crippen molar-refractivity contribution in [3.63, 3.8) is 0 Å². The third-order valence-electron chi connectivity index (χ3n) is 3.98. The predicted molar refractivity (Wildman–Crippen MR) is 88.8 cm³/mol. The highest BCUT2D eigenvalue weighted by atomic mass is 35.5. The molecule has 6 heteroatoms. The topological polar surface area (TPSA) is 50.2 Å². The van der Waals surface area contributed by atoms with Crippen LogP contribution in [0.2, 0.25) is 5.02 Å². The lowest BCUT2D eigenvalue weighted by molar-refractivity contribution is 0.613. The maximum atomic E-state index is 14.0. The second-order valence-corrected chi connectivity index (χ2v) is 5.80. The number of H-pyrrole nitrogens is 1. The Balaban J connectivity index is 2.14. The van der Waals surface area contributed by atoms with Crippen molar-refractivity contribution < 1.29 is 4.39 Å². The molecule has 1 N–H and O–H groups in total. The summed E-state index contributed by atoms with van der Waals surface area (Å²) in [6.45, 7) is 4.05. The van der Waals surface area contributed by atoms with Gasteiger partial charge >= 0.3 is 0 Å². The number of hydrogen-bond acceptors (Lipinski definition) is 2. The molecule has 0 spiro atoms. The van der Waals surface area contributed by atoms with E-state index in [0.717, 1.165) is 24.1 Å². The van der Waals surface area contributed by atoms with Crippen LogP contribution in [0, 0.1) is 5.82 Å². The van der Waals surface area contributed by atoms with E-state index in [2.05, 4.69) is 10.1 Å². The molecular formula is C17H17ClFN3O. The van der Waals surface area contributed by atoms with Crippen molar-refractivity contribution >= 4 is 17.2 Å². The Hall–Kier alpha value is -2.14. The standard InChI is InChI=1S/C17H17ClFN3O/c1-3-11-15(4-2)21-22-16(23)9-10(20-17(11)22)8-12-13(18)6-5-7-14(12)19/h5-7,9,21H,3-4,8H2,1-2H3. The molecule has 3 rings (SSSR count). The smallest absolute Gasteiger partial charge is 0.272 e. The van der Waals surface area contributed by atoms with Crippen molar-refractivity contribution in [2.75, 3.05) is 0 Å². The largest absolute Gasteiger partial charge is 0.293 e. The van der Waals surface area contributed by atoms with Gasteiger partial charge in [-0.2, -0.15) is 0 Å². The molecule has 2 heterocycles. The molecule has 0 unspecified atom stereocenters. The van der Waals surface area contributed by atoms with Crippen molar-refractivity contribution in [2.24, 2.45) is 0 Å². The Morgan fingerprint density at radius 2 is 2.04 bits per heavy atom. The first kappa shape index (κ1) is 15.7. The van der Waals surface area contributed by atoms with E-state index >= 15 is 0 Å². The minimum Gasteiger partial charge on any atom is -0.293 e. The molecule has 0 amide bonds. The number of benzene rings is 1. The lowest BCUT2D eigenvalue weighted by atomic mass is 10.1. The van der Waals surface area contributed by atoms with Crippen LogP contribution in [0.15, 0.2) is 29.1 Å². The average molecular weight is 334 g/mol. The van der Waals surface area contributed by atoms with Crippen molar-refractivity contribution in [2.45, 2.75) is 33.1 Å². The fourth-order valence-corrected chi connectivity index (χ4v) is 3.04. The summed E-state index contributed by atoms with van der Waals surface area (Å²) in [5.41, 5.74) is 3.29. The van der Waals surface area contributed by atoms with Gasteiger partial charge in [0.05, 0.1) is 5.69 Å². The third kappa shape index (κ3) is 2.77. The summed E-state index contributed by atoms with van der Waals surface area (Å²) >= 11 is 6.07. The third-order valence-corrected chi connectivity index (χ3v) is 4.33. The molecular weight excluding hydrogens is 317 g/mol. The molecule has 0 saturated carbocycles. The lowest BCUT2D eigenvalue weighted by Gasteiger charge is -2.06. The Bertz CT molecular complexity index is 909. The Morgan fingerprint density at radius 3 is 2.70 bits per heavy atom. The van der Waals surface area contributed by atoms with Gasteiger partial charge in [-0.3, -0.25) is 9.89 Å². The number of aromatic nitrogens is 3. The van der Waals surface area contributed by atoms with Crippen LogP contribution in [0.4, 0.5) is 4.39 Å². The summed E-state index contributed by atoms with van der Waals surface area (Å²) in [5, 5.41) is 3.43. The second-order valence-electron chi connectivity index (χ2n) is 5.40. The van der Waals surface area contributed by atoms with Crippen LogP contribution in [-0.2, 0) is 19.3 Å². The number of fused-ring (bicyclic) bond motifs is 1. The summed E-state index contributed by atoms with van der Waals surface area (Å²) in [5.74, 6) is -0.390. The zero-order valence-corrected chi connectivity index (χ0v) is 13.7. The van der Waals surface area contributed by atoms with Crippen LogP contribution in [0.25, 0.3) is 5.65 Å². The van der Waals surface area contributed by atoms with Gasteiger partial charge < -0.3 is 0 Å². The van der Waals surface area contributed by atoms with Crippen LogP contribution in [0.1, 0.15) is 36.4 Å². The van der Waals surface area contributed by atoms with E-state index in [1.807, 2.05) is 13.8 Å². The molecule has 0 aliphatic rings. The normalized spacial score (nSPS) is 11.3. The number of halogens is 2. The first-order chi connectivity index (χ1) is 11.0. The molecule has 1 aromatic carbocycles. The second kappa shape index (κ2) is 6.16. The number of rotatable bonds is 4. The number of aromatic amines is 1. The SMILES string of the molecule is CCc1[nH]n2c(=O)cc(Cc3c(F)cccc3Cl)nc2c1CC. The van der Waals surface area contributed by atoms with E-state index in [9.17, 15) is 9.18 Å². The summed E-state index contributed by atoms with van der Waals surface area (Å²) < 4.78 is 15.4. The van der Waals surface area contributed by atoms with Gasteiger partial charge in [-0.1, -0.05) is 31.5 Å². The van der Waals surface area contributed by atoms with E-state index in [0.29, 0.717) is 21.9 Å². The Morgan fingerprint density at radius 1 is 1.26 bits per heavy atom. The van der Waals surface area contributed by atoms with Gasteiger partial charge in [0.1, 0.15) is 5.82 Å². The first-order valence-electron chi connectivity index (χ1n) is 7.60. The highest BCUT2D eigenvalue weighted by Crippen LogP contribution is 2.22. The molecule has 2 aromatic heterocycles. The molecule has 0 aliphatic carbocycles. The molecule has 0 atom stereocenters. The Labute approximate surface area is 137 Å². The van der Waals surface area contributed by atoms with E-state index in [4.69, 9.17) is 11.6 Å². The molecule has 0 radical (unpaired) electrons. The van der Waals surface area contributed by atoms with Crippen LogP contribution in [-0.4, -0.2) is 14.6 Å². The Kier molecular flexibility index (Phi) is 4.22. The van der Waals surface area contributed by atoms with E-state index < -0.39 is 5.82 Å². The van der Waals surface area contributed by atoms with Gasteiger partial charge in [0.2, 0.25) is 0 Å². The molecule has 0 aliphatic heterocycles. The quantitative estimate of drug-likeness (QED) is 0.794. The fraction of sp³-hybridized carbons (Fsp3) is 0.294. The van der Waals surface area contributed by atoms with E-state index in [1.165, 1.54) is 16.6 Å². The molecule has 4 nitrogen and oxygen atoms in total. The molecule has 0 bridgehead atoms. The maximum Gasteiger partial charge on any atom is 0.272 e. The van der Waals surface area contributed by atoms with Crippen LogP contribution in [0.5, 0.6) is 0 Å². The van der Waals surface area contributed by atoms with Crippen molar-refractivity contribution in [1.82, 2.24) is 14.6 Å². The lowest BCUT2D eigenvalue weighted by Crippen LogP contribution is -2.16. The fourth-order valence-electron chi connectivity index (χ4n) is 2.81. The number of nitrogens with zero attached hydrogens (tertiary/aromatic N) is 2. The van der Waals surface area contributed by atoms with Gasteiger partial charge in [0, 0.05) is 34.3 Å². The van der Waals surface area contributed by atoms with E-state index in [-0.39, 0.29) is 12.0 Å². The monoisotopic (exact) mass is 333 g/mol. The van der Waals surface area contributed by atoms with E-state index in [1.54, 1.807) is 12.1 Å². The number of aryl methyl sites for hydroxylation is 2. The molecule has 0 saturated heterocycles. The molecule has 120 valence electrons. The van der Waals surface area contributed by atoms with Crippen molar-refractivity contribution in [3.8, 4) is 0 Å². The van der Waals surface area contributed by atoms with Crippen molar-refractivity contribution in [1.29, 1.82) is 0 Å². The van der Waals surface area contributed by atoms with Crippen LogP contribution in [0.3, 0.4) is 0 Å².